The van der Waals surface area contributed by atoms with E-state index in [0.29, 0.717) is 0 Å². The monoisotopic (exact) mass is 400 g/mol. The molecule has 2 amide bonds. The maximum atomic E-state index is 13.7. The third-order valence-electron chi connectivity index (χ3n) is 3.49. The Balaban J connectivity index is 2.00. The van der Waals surface area contributed by atoms with E-state index in [-0.39, 0.29) is 35.5 Å². The maximum Gasteiger partial charge on any atom is 0.573 e. The van der Waals surface area contributed by atoms with Crippen molar-refractivity contribution in [2.24, 2.45) is 0 Å². The molecule has 0 spiro atoms. The van der Waals surface area contributed by atoms with Gasteiger partial charge in [-0.3, -0.25) is 10.1 Å². The van der Waals surface area contributed by atoms with Gasteiger partial charge in [0.05, 0.1) is 12.8 Å². The minimum Gasteiger partial charge on any atom is -0.453 e. The van der Waals surface area contributed by atoms with Crippen molar-refractivity contribution in [1.29, 1.82) is 0 Å². The summed E-state index contributed by atoms with van der Waals surface area (Å²) in [4.78, 5) is 23.3. The van der Waals surface area contributed by atoms with Crippen molar-refractivity contribution in [2.75, 3.05) is 17.7 Å². The van der Waals surface area contributed by atoms with E-state index in [1.54, 1.807) is 0 Å². The van der Waals surface area contributed by atoms with Crippen molar-refractivity contribution in [3.8, 4) is 5.75 Å². The van der Waals surface area contributed by atoms with Crippen molar-refractivity contribution < 1.29 is 36.6 Å². The van der Waals surface area contributed by atoms with E-state index in [4.69, 9.17) is 0 Å². The lowest BCUT2D eigenvalue weighted by Gasteiger charge is -2.13. The quantitative estimate of drug-likeness (QED) is 0.702. The first-order valence-electron chi connectivity index (χ1n) is 7.96. The van der Waals surface area contributed by atoms with Crippen molar-refractivity contribution >= 4 is 23.4 Å². The van der Waals surface area contributed by atoms with Gasteiger partial charge < -0.3 is 14.8 Å². The molecule has 0 radical (unpaired) electrons. The molecule has 0 aliphatic heterocycles. The van der Waals surface area contributed by atoms with Gasteiger partial charge in [0.2, 0.25) is 5.91 Å². The van der Waals surface area contributed by atoms with Crippen molar-refractivity contribution in [3.63, 3.8) is 0 Å². The molecule has 150 valence electrons. The number of methoxy groups -OCH3 is 1. The number of nitrogens with one attached hydrogen (secondary N) is 2. The molecule has 0 aliphatic carbocycles. The number of hydrogen-bond donors (Lipinski definition) is 2. The fourth-order valence-corrected chi connectivity index (χ4v) is 2.27. The normalized spacial score (nSPS) is 10.9. The van der Waals surface area contributed by atoms with Crippen LogP contribution in [0.3, 0.4) is 0 Å². The molecule has 0 bridgehead atoms. The first kappa shape index (κ1) is 21.0. The van der Waals surface area contributed by atoms with Gasteiger partial charge >= 0.3 is 12.5 Å². The number of hydrogen-bond acceptors (Lipinski definition) is 4. The Bertz CT molecular complexity index is 856. The molecule has 0 saturated carbocycles. The fraction of sp³-hybridized carbons (Fsp3) is 0.222. The summed E-state index contributed by atoms with van der Waals surface area (Å²) in [6, 6.07) is 8.99. The number of anilines is 2. The Hall–Kier alpha value is -3.30. The van der Waals surface area contributed by atoms with E-state index < -0.39 is 24.2 Å². The summed E-state index contributed by atoms with van der Waals surface area (Å²) in [5.41, 5.74) is 0.202. The van der Waals surface area contributed by atoms with Crippen molar-refractivity contribution in [2.45, 2.75) is 19.2 Å². The zero-order valence-corrected chi connectivity index (χ0v) is 14.6. The Morgan fingerprint density at radius 3 is 2.46 bits per heavy atom. The fourth-order valence-electron chi connectivity index (χ4n) is 2.27. The van der Waals surface area contributed by atoms with Crippen LogP contribution in [0, 0.1) is 5.82 Å². The van der Waals surface area contributed by atoms with Gasteiger partial charge in [-0.2, -0.15) is 0 Å². The van der Waals surface area contributed by atoms with Gasteiger partial charge in [0.15, 0.2) is 0 Å². The van der Waals surface area contributed by atoms with Crippen LogP contribution >= 0.6 is 0 Å². The highest BCUT2D eigenvalue weighted by Gasteiger charge is 2.31. The van der Waals surface area contributed by atoms with Gasteiger partial charge in [0, 0.05) is 12.1 Å². The number of alkyl halides is 3. The van der Waals surface area contributed by atoms with Crippen LogP contribution in [-0.4, -0.2) is 25.5 Å². The average Bonchev–Trinajstić information content (AvgIpc) is 2.62. The molecular formula is C18H16F4N2O4. The Labute approximate surface area is 157 Å². The van der Waals surface area contributed by atoms with Crippen LogP contribution in [0.1, 0.15) is 12.0 Å². The summed E-state index contributed by atoms with van der Waals surface area (Å²) < 4.78 is 59.2. The van der Waals surface area contributed by atoms with Crippen LogP contribution in [0.4, 0.5) is 33.7 Å². The number of halogens is 4. The molecular weight excluding hydrogens is 384 g/mol. The number of ether oxygens (including phenoxy) is 2. The smallest absolute Gasteiger partial charge is 0.453 e. The molecule has 0 aliphatic rings. The predicted octanol–water partition coefficient (Wildman–Crippen LogP) is 4.47. The van der Waals surface area contributed by atoms with Crippen LogP contribution in [0.5, 0.6) is 5.75 Å². The van der Waals surface area contributed by atoms with Crippen LogP contribution in [0.25, 0.3) is 0 Å². The highest BCUT2D eigenvalue weighted by Crippen LogP contribution is 2.27. The zero-order chi connectivity index (χ0) is 20.7. The SMILES string of the molecule is COC(=O)Nc1cc(NC(=O)CCc2ccccc2OC(F)(F)F)ccc1F. The van der Waals surface area contributed by atoms with E-state index in [0.717, 1.165) is 19.2 Å². The van der Waals surface area contributed by atoms with Crippen LogP contribution in [-0.2, 0) is 16.0 Å². The molecule has 0 heterocycles. The molecule has 0 unspecified atom stereocenters. The Kier molecular flexibility index (Phi) is 6.80. The number of carbonyl (C=O) groups is 2. The van der Waals surface area contributed by atoms with Crippen LogP contribution in [0.2, 0.25) is 0 Å². The van der Waals surface area contributed by atoms with E-state index >= 15 is 0 Å². The number of aryl methyl sites for hydroxylation is 1. The van der Waals surface area contributed by atoms with Crippen molar-refractivity contribution in [3.05, 3.63) is 53.8 Å². The Morgan fingerprint density at radius 1 is 1.07 bits per heavy atom. The highest BCUT2D eigenvalue weighted by atomic mass is 19.4. The lowest BCUT2D eigenvalue weighted by Crippen LogP contribution is -2.18. The second-order valence-corrected chi connectivity index (χ2v) is 5.51. The number of amides is 2. The minimum atomic E-state index is -4.84. The van der Waals surface area contributed by atoms with Crippen LogP contribution in [0.15, 0.2) is 42.5 Å². The number of para-hydroxylation sites is 1. The topological polar surface area (TPSA) is 76.7 Å². The van der Waals surface area contributed by atoms with Gasteiger partial charge in [-0.15, -0.1) is 13.2 Å². The lowest BCUT2D eigenvalue weighted by atomic mass is 10.1. The van der Waals surface area contributed by atoms with E-state index in [1.165, 1.54) is 30.3 Å². The molecule has 2 rings (SSSR count). The first-order valence-corrected chi connectivity index (χ1v) is 7.96. The molecule has 0 aromatic heterocycles. The lowest BCUT2D eigenvalue weighted by molar-refractivity contribution is -0.274. The molecule has 0 atom stereocenters. The number of rotatable bonds is 6. The Morgan fingerprint density at radius 2 is 1.79 bits per heavy atom. The van der Waals surface area contributed by atoms with E-state index in [2.05, 4.69) is 20.1 Å². The van der Waals surface area contributed by atoms with E-state index in [9.17, 15) is 27.2 Å². The summed E-state index contributed by atoms with van der Waals surface area (Å²) in [7, 11) is 1.11. The summed E-state index contributed by atoms with van der Waals surface area (Å²) in [5.74, 6) is -1.63. The third-order valence-corrected chi connectivity index (χ3v) is 3.49. The molecule has 28 heavy (non-hydrogen) atoms. The van der Waals surface area contributed by atoms with Gasteiger partial charge in [-0.25, -0.2) is 9.18 Å². The van der Waals surface area contributed by atoms with Gasteiger partial charge in [0.1, 0.15) is 11.6 Å². The molecule has 0 fully saturated rings. The predicted molar refractivity (Wildman–Crippen MR) is 92.5 cm³/mol. The van der Waals surface area contributed by atoms with Crippen LogP contribution < -0.4 is 15.4 Å². The van der Waals surface area contributed by atoms with E-state index in [1.807, 2.05) is 0 Å². The van der Waals surface area contributed by atoms with Crippen molar-refractivity contribution in [1.82, 2.24) is 0 Å². The number of carbonyl (C=O) groups excluding carboxylic acids is 2. The summed E-state index contributed by atoms with van der Waals surface area (Å²) in [6.07, 6.45) is -5.87. The largest absolute Gasteiger partial charge is 0.573 e. The molecule has 10 heteroatoms. The third kappa shape index (κ3) is 6.45. The minimum absolute atomic E-state index is 0.00739. The average molecular weight is 400 g/mol. The molecule has 2 aromatic rings. The summed E-state index contributed by atoms with van der Waals surface area (Å²) >= 11 is 0. The first-order chi connectivity index (χ1) is 13.2. The maximum absolute atomic E-state index is 13.7. The van der Waals surface area contributed by atoms with Gasteiger partial charge in [-0.05, 0) is 36.2 Å². The second-order valence-electron chi connectivity index (χ2n) is 5.51. The highest BCUT2D eigenvalue weighted by molar-refractivity contribution is 5.92. The summed E-state index contributed by atoms with van der Waals surface area (Å²) in [5, 5.41) is 4.63. The molecule has 2 aromatic carbocycles. The molecule has 6 nitrogen and oxygen atoms in total. The second kappa shape index (κ2) is 9.07. The standard InChI is InChI=1S/C18H16F4N2O4/c1-27-17(26)24-14-10-12(7-8-13(14)19)23-16(25)9-6-11-4-2-3-5-15(11)28-18(20,21)22/h2-5,7-8,10H,6,9H2,1H3,(H,23,25)(H,24,26). The molecule has 2 N–H and O–H groups in total. The van der Waals surface area contributed by atoms with Gasteiger partial charge in [0.25, 0.3) is 0 Å². The molecule has 0 saturated heterocycles. The van der Waals surface area contributed by atoms with Gasteiger partial charge in [-0.1, -0.05) is 18.2 Å². The summed E-state index contributed by atoms with van der Waals surface area (Å²) in [6.45, 7) is 0. The zero-order valence-electron chi connectivity index (χ0n) is 14.6. The number of benzene rings is 2.